The van der Waals surface area contributed by atoms with Gasteiger partial charge in [0.25, 0.3) is 0 Å². The first-order chi connectivity index (χ1) is 14.6. The SMILES string of the molecule is C/C(=N\N=C(/C)c1c(=O)o[nH][n+]1-c1ccccc1)c1c(=O)o[nH][n+]1-c1ccccc1. The van der Waals surface area contributed by atoms with Gasteiger partial charge in [0.1, 0.15) is 11.4 Å². The van der Waals surface area contributed by atoms with Crippen LogP contribution >= 0.6 is 0 Å². The molecular formula is C20H18N6O4+2. The summed E-state index contributed by atoms with van der Waals surface area (Å²) in [6, 6.07) is 18.3. The quantitative estimate of drug-likeness (QED) is 0.292. The molecule has 2 heterocycles. The number of rotatable bonds is 5. The first-order valence-corrected chi connectivity index (χ1v) is 9.03. The Bertz CT molecular complexity index is 1240. The van der Waals surface area contributed by atoms with Gasteiger partial charge in [-0.05, 0) is 33.8 Å². The van der Waals surface area contributed by atoms with Crippen molar-refractivity contribution in [2.75, 3.05) is 0 Å². The fourth-order valence-corrected chi connectivity index (χ4v) is 2.93. The van der Waals surface area contributed by atoms with E-state index in [1.54, 1.807) is 13.8 Å². The second kappa shape index (κ2) is 7.95. The maximum absolute atomic E-state index is 12.2. The van der Waals surface area contributed by atoms with Crippen LogP contribution in [-0.2, 0) is 0 Å². The molecule has 0 bridgehead atoms. The normalized spacial score (nSPS) is 12.3. The molecule has 0 aliphatic rings. The Kier molecular flexibility index (Phi) is 5.04. The number of H-pyrrole nitrogens is 2. The number of hydrogen-bond donors (Lipinski definition) is 2. The zero-order valence-corrected chi connectivity index (χ0v) is 16.2. The van der Waals surface area contributed by atoms with Crippen molar-refractivity contribution in [3.05, 3.63) is 92.9 Å². The van der Waals surface area contributed by atoms with Crippen molar-refractivity contribution in [3.63, 3.8) is 0 Å². The van der Waals surface area contributed by atoms with E-state index < -0.39 is 11.3 Å². The van der Waals surface area contributed by atoms with Gasteiger partial charge in [-0.1, -0.05) is 36.4 Å². The second-order valence-electron chi connectivity index (χ2n) is 6.37. The average molecular weight is 406 g/mol. The Balaban J connectivity index is 1.73. The summed E-state index contributed by atoms with van der Waals surface area (Å²) in [5, 5.41) is 13.4. The molecule has 2 aromatic heterocycles. The average Bonchev–Trinajstić information content (AvgIpc) is 3.36. The fourth-order valence-electron chi connectivity index (χ4n) is 2.93. The zero-order chi connectivity index (χ0) is 21.1. The van der Waals surface area contributed by atoms with Gasteiger partial charge in [0.05, 0.1) is 0 Å². The molecular weight excluding hydrogens is 388 g/mol. The van der Waals surface area contributed by atoms with E-state index in [0.29, 0.717) is 22.8 Å². The molecule has 2 aromatic carbocycles. The van der Waals surface area contributed by atoms with Crippen molar-refractivity contribution in [1.29, 1.82) is 0 Å². The lowest BCUT2D eigenvalue weighted by Gasteiger charge is -1.94. The van der Waals surface area contributed by atoms with Gasteiger partial charge in [0, 0.05) is 24.3 Å². The molecule has 0 amide bonds. The van der Waals surface area contributed by atoms with Crippen molar-refractivity contribution in [2.45, 2.75) is 13.8 Å². The van der Waals surface area contributed by atoms with E-state index in [1.165, 1.54) is 9.36 Å². The minimum absolute atomic E-state index is 0.190. The second-order valence-corrected chi connectivity index (χ2v) is 6.37. The van der Waals surface area contributed by atoms with Crippen LogP contribution in [0, 0.1) is 0 Å². The van der Waals surface area contributed by atoms with Crippen LogP contribution in [0.4, 0.5) is 0 Å². The first-order valence-electron chi connectivity index (χ1n) is 9.03. The van der Waals surface area contributed by atoms with Crippen LogP contribution in [0.5, 0.6) is 0 Å². The van der Waals surface area contributed by atoms with Crippen LogP contribution in [0.1, 0.15) is 25.2 Å². The van der Waals surface area contributed by atoms with Gasteiger partial charge in [-0.3, -0.25) is 9.05 Å². The monoisotopic (exact) mass is 406 g/mol. The van der Waals surface area contributed by atoms with E-state index in [9.17, 15) is 9.59 Å². The topological polar surface area (TPSA) is 124 Å². The molecule has 0 radical (unpaired) electrons. The number of aromatic nitrogens is 4. The molecule has 10 nitrogen and oxygen atoms in total. The van der Waals surface area contributed by atoms with E-state index in [0.717, 1.165) is 0 Å². The van der Waals surface area contributed by atoms with E-state index in [2.05, 4.69) is 20.7 Å². The smallest absolute Gasteiger partial charge is 0.282 e. The third kappa shape index (κ3) is 3.53. The summed E-state index contributed by atoms with van der Waals surface area (Å²) in [6.07, 6.45) is 0. The zero-order valence-electron chi connectivity index (χ0n) is 16.2. The molecule has 0 atom stereocenters. The molecule has 10 heteroatoms. The highest BCUT2D eigenvalue weighted by Crippen LogP contribution is 2.02. The number of aromatic amines is 2. The molecule has 0 spiro atoms. The number of nitrogens with zero attached hydrogens (tertiary/aromatic N) is 4. The third-order valence-electron chi connectivity index (χ3n) is 4.36. The maximum atomic E-state index is 12.2. The summed E-state index contributed by atoms with van der Waals surface area (Å²) in [4.78, 5) is 24.4. The number of nitrogens with one attached hydrogen (secondary N) is 2. The van der Waals surface area contributed by atoms with Crippen LogP contribution in [-0.4, -0.2) is 22.0 Å². The van der Waals surface area contributed by atoms with Gasteiger partial charge in [-0.25, -0.2) is 9.59 Å². The van der Waals surface area contributed by atoms with Gasteiger partial charge in [-0.2, -0.15) is 0 Å². The van der Waals surface area contributed by atoms with Crippen LogP contribution in [0.25, 0.3) is 11.4 Å². The summed E-state index contributed by atoms with van der Waals surface area (Å²) in [5.74, 6) is 0. The molecule has 0 aliphatic carbocycles. The van der Waals surface area contributed by atoms with Gasteiger partial charge >= 0.3 is 22.6 Å². The lowest BCUT2D eigenvalue weighted by Crippen LogP contribution is -2.41. The van der Waals surface area contributed by atoms with Gasteiger partial charge in [0.15, 0.2) is 0 Å². The van der Waals surface area contributed by atoms with E-state index in [4.69, 9.17) is 9.05 Å². The molecule has 2 N–H and O–H groups in total. The predicted octanol–water partition coefficient (Wildman–Crippen LogP) is 1.04. The van der Waals surface area contributed by atoms with Gasteiger partial charge < -0.3 is 0 Å². The molecule has 0 saturated carbocycles. The summed E-state index contributed by atoms with van der Waals surface area (Å²) in [6.45, 7) is 3.25. The molecule has 0 unspecified atom stereocenters. The summed E-state index contributed by atoms with van der Waals surface area (Å²) < 4.78 is 12.8. The lowest BCUT2D eigenvalue weighted by atomic mass is 10.2. The minimum atomic E-state index is -0.589. The molecule has 0 fully saturated rings. The Morgan fingerprint density at radius 3 is 1.43 bits per heavy atom. The van der Waals surface area contributed by atoms with Crippen molar-refractivity contribution in [1.82, 2.24) is 10.5 Å². The number of benzene rings is 2. The van der Waals surface area contributed by atoms with Crippen LogP contribution in [0.2, 0.25) is 0 Å². The maximum Gasteiger partial charge on any atom is 0.437 e. The molecule has 150 valence electrons. The van der Waals surface area contributed by atoms with Crippen molar-refractivity contribution < 1.29 is 18.4 Å². The van der Waals surface area contributed by atoms with Crippen LogP contribution < -0.4 is 20.6 Å². The number of para-hydroxylation sites is 2. The molecule has 30 heavy (non-hydrogen) atoms. The third-order valence-corrected chi connectivity index (χ3v) is 4.36. The summed E-state index contributed by atoms with van der Waals surface area (Å²) in [5.41, 5.74) is 1.20. The van der Waals surface area contributed by atoms with Crippen LogP contribution in [0.15, 0.2) is 89.5 Å². The van der Waals surface area contributed by atoms with E-state index >= 15 is 0 Å². The lowest BCUT2D eigenvalue weighted by molar-refractivity contribution is -0.671. The van der Waals surface area contributed by atoms with Crippen molar-refractivity contribution >= 4 is 11.4 Å². The van der Waals surface area contributed by atoms with Gasteiger partial charge in [0.2, 0.25) is 11.4 Å². The van der Waals surface area contributed by atoms with Crippen LogP contribution in [0.3, 0.4) is 0 Å². The molecule has 0 saturated heterocycles. The van der Waals surface area contributed by atoms with E-state index in [1.807, 2.05) is 60.7 Å². The summed E-state index contributed by atoms with van der Waals surface area (Å²) >= 11 is 0. The molecule has 4 rings (SSSR count). The highest BCUT2D eigenvalue weighted by Gasteiger charge is 2.28. The minimum Gasteiger partial charge on any atom is -0.282 e. The highest BCUT2D eigenvalue weighted by molar-refractivity contribution is 5.98. The molecule has 4 aromatic rings. The highest BCUT2D eigenvalue weighted by atomic mass is 16.5. The Labute approximate surface area is 169 Å². The molecule has 0 aliphatic heterocycles. The first kappa shape index (κ1) is 19.0. The van der Waals surface area contributed by atoms with E-state index in [-0.39, 0.29) is 11.4 Å². The standard InChI is InChI=1S/C20H17N6O4/c1-13(17-19(27)29-23-25(17)15-9-5-3-6-10-15)21-22-14(2)18-20(28)30-24-26(18)16-11-7-4-8-12-16/h3-12,23H,1-2H3/q+1/p+1. The predicted molar refractivity (Wildman–Crippen MR) is 106 cm³/mol. The van der Waals surface area contributed by atoms with Crippen molar-refractivity contribution in [3.8, 4) is 11.4 Å². The summed E-state index contributed by atoms with van der Waals surface area (Å²) in [7, 11) is 0. The van der Waals surface area contributed by atoms with Gasteiger partial charge in [-0.15, -0.1) is 10.2 Å². The van der Waals surface area contributed by atoms with Crippen molar-refractivity contribution in [2.24, 2.45) is 10.2 Å². The largest absolute Gasteiger partial charge is 0.437 e. The Hall–Kier alpha value is -4.34. The Morgan fingerprint density at radius 1 is 0.700 bits per heavy atom. The number of hydrogen-bond acceptors (Lipinski definition) is 6. The Morgan fingerprint density at radius 2 is 1.07 bits per heavy atom. The fraction of sp³-hybridized carbons (Fsp3) is 0.100.